The lowest BCUT2D eigenvalue weighted by molar-refractivity contribution is -0.139. The lowest BCUT2D eigenvalue weighted by Crippen LogP contribution is -2.53. The maximum absolute atomic E-state index is 11.2. The molecule has 1 amide bonds. The number of carboxylic acids is 1. The molecule has 0 radical (unpaired) electrons. The fourth-order valence-electron chi connectivity index (χ4n) is 2.50. The molecule has 3 unspecified atom stereocenters. The van der Waals surface area contributed by atoms with Gasteiger partial charge in [-0.1, -0.05) is 6.92 Å². The normalized spacial score (nSPS) is 25.6. The SMILES string of the molecule is CCC(O)C1CC(NC(=O)OC)CN(CC(=O)O)C1. The van der Waals surface area contributed by atoms with Crippen molar-refractivity contribution in [2.75, 3.05) is 26.7 Å². The van der Waals surface area contributed by atoms with Crippen LogP contribution in [0.25, 0.3) is 0 Å². The molecule has 0 bridgehead atoms. The highest BCUT2D eigenvalue weighted by molar-refractivity contribution is 5.69. The number of hydrogen-bond acceptors (Lipinski definition) is 5. The number of carbonyl (C=O) groups excluding carboxylic acids is 1. The van der Waals surface area contributed by atoms with Crippen LogP contribution in [0.1, 0.15) is 19.8 Å². The van der Waals surface area contributed by atoms with Crippen LogP contribution in [0.15, 0.2) is 0 Å². The molecule has 19 heavy (non-hydrogen) atoms. The van der Waals surface area contributed by atoms with Crippen molar-refractivity contribution in [3.63, 3.8) is 0 Å². The number of alkyl carbamates (subject to hydrolysis) is 1. The van der Waals surface area contributed by atoms with Gasteiger partial charge in [-0.05, 0) is 18.8 Å². The van der Waals surface area contributed by atoms with Crippen molar-refractivity contribution in [3.8, 4) is 0 Å². The molecule has 1 fully saturated rings. The van der Waals surface area contributed by atoms with Gasteiger partial charge in [0.05, 0.1) is 19.8 Å². The number of nitrogens with zero attached hydrogens (tertiary/aromatic N) is 1. The molecule has 3 N–H and O–H groups in total. The second-order valence-electron chi connectivity index (χ2n) is 4.89. The van der Waals surface area contributed by atoms with Crippen LogP contribution in [0.2, 0.25) is 0 Å². The molecule has 7 nitrogen and oxygen atoms in total. The first-order chi connectivity index (χ1) is 8.96. The number of carbonyl (C=O) groups is 2. The molecule has 0 aromatic heterocycles. The van der Waals surface area contributed by atoms with Crippen LogP contribution in [-0.4, -0.2) is 66.1 Å². The number of amides is 1. The Morgan fingerprint density at radius 2 is 2.16 bits per heavy atom. The van der Waals surface area contributed by atoms with E-state index in [-0.39, 0.29) is 18.5 Å². The molecule has 110 valence electrons. The van der Waals surface area contributed by atoms with E-state index >= 15 is 0 Å². The zero-order valence-corrected chi connectivity index (χ0v) is 11.3. The number of aliphatic hydroxyl groups is 1. The van der Waals surface area contributed by atoms with Crippen molar-refractivity contribution in [1.29, 1.82) is 0 Å². The molecule has 7 heteroatoms. The second-order valence-corrected chi connectivity index (χ2v) is 4.89. The van der Waals surface area contributed by atoms with Crippen molar-refractivity contribution in [1.82, 2.24) is 10.2 Å². The Bertz CT molecular complexity index is 323. The van der Waals surface area contributed by atoms with Crippen molar-refractivity contribution >= 4 is 12.1 Å². The molecule has 0 aromatic rings. The highest BCUT2D eigenvalue weighted by atomic mass is 16.5. The molecular weight excluding hydrogens is 252 g/mol. The number of aliphatic carboxylic acids is 1. The quantitative estimate of drug-likeness (QED) is 0.647. The van der Waals surface area contributed by atoms with Crippen LogP contribution in [0, 0.1) is 5.92 Å². The molecule has 3 atom stereocenters. The number of hydrogen-bond donors (Lipinski definition) is 3. The summed E-state index contributed by atoms with van der Waals surface area (Å²) < 4.78 is 4.54. The van der Waals surface area contributed by atoms with Crippen LogP contribution < -0.4 is 5.32 Å². The van der Waals surface area contributed by atoms with E-state index in [0.717, 1.165) is 0 Å². The molecule has 1 aliphatic rings. The Labute approximate surface area is 112 Å². The highest BCUT2D eigenvalue weighted by Gasteiger charge is 2.32. The summed E-state index contributed by atoms with van der Waals surface area (Å²) in [5.74, 6) is -0.955. The van der Waals surface area contributed by atoms with Gasteiger partial charge in [0.1, 0.15) is 0 Å². The Hall–Kier alpha value is -1.34. The fraction of sp³-hybridized carbons (Fsp3) is 0.833. The smallest absolute Gasteiger partial charge is 0.407 e. The van der Waals surface area contributed by atoms with Gasteiger partial charge < -0.3 is 20.3 Å². The van der Waals surface area contributed by atoms with Gasteiger partial charge in [-0.2, -0.15) is 0 Å². The molecule has 1 heterocycles. The summed E-state index contributed by atoms with van der Waals surface area (Å²) in [6.07, 6.45) is 0.210. The summed E-state index contributed by atoms with van der Waals surface area (Å²) in [5, 5.41) is 21.4. The molecular formula is C12H22N2O5. The van der Waals surface area contributed by atoms with Crippen LogP contribution in [0.4, 0.5) is 4.79 Å². The molecule has 0 aliphatic carbocycles. The summed E-state index contributed by atoms with van der Waals surface area (Å²) in [6.45, 7) is 2.77. The monoisotopic (exact) mass is 274 g/mol. The first-order valence-electron chi connectivity index (χ1n) is 6.43. The Morgan fingerprint density at radius 1 is 1.47 bits per heavy atom. The van der Waals surface area contributed by atoms with E-state index in [1.165, 1.54) is 7.11 Å². The molecule has 1 rings (SSSR count). The number of nitrogens with one attached hydrogen (secondary N) is 1. The Kier molecular flexibility index (Phi) is 6.04. The predicted molar refractivity (Wildman–Crippen MR) is 67.8 cm³/mol. The number of piperidine rings is 1. The third kappa shape index (κ3) is 5.04. The van der Waals surface area contributed by atoms with E-state index in [0.29, 0.717) is 25.9 Å². The molecule has 1 saturated heterocycles. The van der Waals surface area contributed by atoms with E-state index in [2.05, 4.69) is 10.1 Å². The standard InChI is InChI=1S/C12H22N2O5/c1-3-10(15)8-4-9(13-12(18)19-2)6-14(5-8)7-11(16)17/h8-10,15H,3-7H2,1-2H3,(H,13,18)(H,16,17). The fourth-order valence-corrected chi connectivity index (χ4v) is 2.50. The zero-order valence-electron chi connectivity index (χ0n) is 11.3. The summed E-state index contributed by atoms with van der Waals surface area (Å²) in [6, 6.07) is -0.202. The van der Waals surface area contributed by atoms with E-state index in [1.807, 2.05) is 6.92 Å². The van der Waals surface area contributed by atoms with Crippen LogP contribution >= 0.6 is 0 Å². The lowest BCUT2D eigenvalue weighted by Gasteiger charge is -2.38. The van der Waals surface area contributed by atoms with Gasteiger partial charge in [0.2, 0.25) is 0 Å². The van der Waals surface area contributed by atoms with Crippen LogP contribution in [0.3, 0.4) is 0 Å². The summed E-state index contributed by atoms with van der Waals surface area (Å²) >= 11 is 0. The van der Waals surface area contributed by atoms with Gasteiger partial charge in [-0.3, -0.25) is 9.69 Å². The van der Waals surface area contributed by atoms with Crippen molar-refractivity contribution in [2.24, 2.45) is 5.92 Å². The van der Waals surface area contributed by atoms with E-state index < -0.39 is 18.2 Å². The topological polar surface area (TPSA) is 99.1 Å². The minimum atomic E-state index is -0.913. The van der Waals surface area contributed by atoms with Gasteiger partial charge in [-0.15, -0.1) is 0 Å². The maximum Gasteiger partial charge on any atom is 0.407 e. The molecule has 0 saturated carbocycles. The number of methoxy groups -OCH3 is 1. The van der Waals surface area contributed by atoms with Gasteiger partial charge >= 0.3 is 12.1 Å². The molecule has 0 aromatic carbocycles. The van der Waals surface area contributed by atoms with Gasteiger partial charge in [0.15, 0.2) is 0 Å². The maximum atomic E-state index is 11.2. The van der Waals surface area contributed by atoms with Gasteiger partial charge in [0.25, 0.3) is 0 Å². The number of ether oxygens (including phenoxy) is 1. The zero-order chi connectivity index (χ0) is 14.4. The highest BCUT2D eigenvalue weighted by Crippen LogP contribution is 2.21. The molecule has 0 spiro atoms. The number of aliphatic hydroxyl groups excluding tert-OH is 1. The van der Waals surface area contributed by atoms with Gasteiger partial charge in [-0.25, -0.2) is 4.79 Å². The number of carboxylic acid groups (broad SMARTS) is 1. The minimum absolute atomic E-state index is 0.0414. The summed E-state index contributed by atoms with van der Waals surface area (Å²) in [5.41, 5.74) is 0. The van der Waals surface area contributed by atoms with Crippen molar-refractivity contribution in [2.45, 2.75) is 31.9 Å². The largest absolute Gasteiger partial charge is 0.480 e. The van der Waals surface area contributed by atoms with Crippen LogP contribution in [-0.2, 0) is 9.53 Å². The van der Waals surface area contributed by atoms with Gasteiger partial charge in [0, 0.05) is 19.1 Å². The average Bonchev–Trinajstić information content (AvgIpc) is 2.36. The number of likely N-dealkylation sites (tertiary alicyclic amines) is 1. The van der Waals surface area contributed by atoms with E-state index in [9.17, 15) is 14.7 Å². The average molecular weight is 274 g/mol. The van der Waals surface area contributed by atoms with Crippen molar-refractivity contribution in [3.05, 3.63) is 0 Å². The predicted octanol–water partition coefficient (Wildman–Crippen LogP) is -0.112. The third-order valence-corrected chi connectivity index (χ3v) is 3.39. The first-order valence-corrected chi connectivity index (χ1v) is 6.43. The Morgan fingerprint density at radius 3 is 2.68 bits per heavy atom. The summed E-state index contributed by atoms with van der Waals surface area (Å²) in [4.78, 5) is 23.7. The second kappa shape index (κ2) is 7.30. The minimum Gasteiger partial charge on any atom is -0.480 e. The van der Waals surface area contributed by atoms with Crippen LogP contribution in [0.5, 0.6) is 0 Å². The van der Waals surface area contributed by atoms with Crippen molar-refractivity contribution < 1.29 is 24.5 Å². The Balaban J connectivity index is 2.65. The third-order valence-electron chi connectivity index (χ3n) is 3.39. The van der Waals surface area contributed by atoms with E-state index in [1.54, 1.807) is 4.90 Å². The summed E-state index contributed by atoms with van der Waals surface area (Å²) in [7, 11) is 1.28. The van der Waals surface area contributed by atoms with E-state index in [4.69, 9.17) is 5.11 Å². The lowest BCUT2D eigenvalue weighted by atomic mass is 9.88. The first kappa shape index (κ1) is 15.7. The molecule has 1 aliphatic heterocycles. The number of rotatable bonds is 5.